The van der Waals surface area contributed by atoms with Gasteiger partial charge in [-0.05, 0) is 35.9 Å². The lowest BCUT2D eigenvalue weighted by Gasteiger charge is -2.21. The summed E-state index contributed by atoms with van der Waals surface area (Å²) in [5.74, 6) is -0.468. The Hall–Kier alpha value is -2.56. The van der Waals surface area contributed by atoms with E-state index in [4.69, 9.17) is 4.74 Å². The highest BCUT2D eigenvalue weighted by Gasteiger charge is 2.30. The maximum Gasteiger partial charge on any atom is 0.269 e. The molecule has 0 aliphatic carbocycles. The van der Waals surface area contributed by atoms with Crippen LogP contribution in [0.3, 0.4) is 0 Å². The van der Waals surface area contributed by atoms with Gasteiger partial charge in [0.2, 0.25) is 11.8 Å². The normalized spacial score (nSPS) is 17.1. The van der Waals surface area contributed by atoms with E-state index in [1.165, 1.54) is 23.0 Å². The number of aryl methyl sites for hydroxylation is 1. The minimum Gasteiger partial charge on any atom is -0.477 e. The van der Waals surface area contributed by atoms with Crippen molar-refractivity contribution in [1.82, 2.24) is 29.9 Å². The summed E-state index contributed by atoms with van der Waals surface area (Å²) in [6, 6.07) is 2.81. The molecule has 11 heteroatoms. The Balaban J connectivity index is 1.77. The molecule has 3 rings (SSSR count). The molecule has 1 amide bonds. The number of aromatic nitrogens is 5. The van der Waals surface area contributed by atoms with Gasteiger partial charge >= 0.3 is 0 Å². The van der Waals surface area contributed by atoms with E-state index >= 15 is 0 Å². The topological polar surface area (TPSA) is 129 Å². The number of rotatable bonds is 5. The highest BCUT2D eigenvalue weighted by Crippen LogP contribution is 2.22. The molecular weight excluding hydrogens is 336 g/mol. The van der Waals surface area contributed by atoms with Crippen molar-refractivity contribution >= 4 is 15.9 Å². The second kappa shape index (κ2) is 6.51. The van der Waals surface area contributed by atoms with E-state index in [1.54, 1.807) is 6.92 Å². The highest BCUT2D eigenvalue weighted by atomic mass is 32.2. The number of fused-ring (bicyclic) bond motifs is 1. The van der Waals surface area contributed by atoms with Gasteiger partial charge in [0, 0.05) is 12.6 Å². The standard InChI is InChI=1S/C13H16N6O4S/c1-2-23-13-10(4-3-7-14-13)24(21,22)16-12(20)9-5-6-11-15-17-18-19(11)8-9/h3-4,7,9H,2,5-6,8H2,1H3,(H,16,20). The van der Waals surface area contributed by atoms with Crippen LogP contribution in [0.15, 0.2) is 23.2 Å². The smallest absolute Gasteiger partial charge is 0.269 e. The number of nitrogens with one attached hydrogen (secondary N) is 1. The van der Waals surface area contributed by atoms with Crippen LogP contribution in [0.5, 0.6) is 5.88 Å². The van der Waals surface area contributed by atoms with Gasteiger partial charge in [-0.25, -0.2) is 22.8 Å². The second-order valence-electron chi connectivity index (χ2n) is 5.22. The molecule has 0 radical (unpaired) electrons. The lowest BCUT2D eigenvalue weighted by molar-refractivity contribution is -0.124. The van der Waals surface area contributed by atoms with E-state index in [-0.39, 0.29) is 23.9 Å². The monoisotopic (exact) mass is 352 g/mol. The number of carbonyl (C=O) groups excluding carboxylic acids is 1. The first-order chi connectivity index (χ1) is 11.5. The fourth-order valence-corrected chi connectivity index (χ4v) is 3.60. The van der Waals surface area contributed by atoms with Crippen LogP contribution in [0.1, 0.15) is 19.2 Å². The van der Waals surface area contributed by atoms with Crippen molar-refractivity contribution in [3.63, 3.8) is 0 Å². The molecule has 0 saturated carbocycles. The molecule has 0 spiro atoms. The summed E-state index contributed by atoms with van der Waals surface area (Å²) in [5, 5.41) is 11.2. The predicted molar refractivity (Wildman–Crippen MR) is 80.4 cm³/mol. The van der Waals surface area contributed by atoms with Gasteiger partial charge in [0.25, 0.3) is 10.0 Å². The minimum atomic E-state index is -4.07. The van der Waals surface area contributed by atoms with E-state index < -0.39 is 21.8 Å². The number of hydrogen-bond donors (Lipinski definition) is 1. The van der Waals surface area contributed by atoms with Crippen molar-refractivity contribution in [2.24, 2.45) is 5.92 Å². The van der Waals surface area contributed by atoms with Crippen LogP contribution < -0.4 is 9.46 Å². The van der Waals surface area contributed by atoms with Crippen molar-refractivity contribution in [3.8, 4) is 5.88 Å². The van der Waals surface area contributed by atoms with Gasteiger partial charge in [-0.1, -0.05) is 0 Å². The van der Waals surface area contributed by atoms with E-state index in [9.17, 15) is 13.2 Å². The number of tetrazole rings is 1. The van der Waals surface area contributed by atoms with Gasteiger partial charge in [-0.3, -0.25) is 4.79 Å². The van der Waals surface area contributed by atoms with Crippen LogP contribution in [-0.2, 0) is 27.8 Å². The van der Waals surface area contributed by atoms with Crippen LogP contribution in [-0.4, -0.2) is 46.1 Å². The quantitative estimate of drug-likeness (QED) is 0.765. The summed E-state index contributed by atoms with van der Waals surface area (Å²) >= 11 is 0. The molecule has 2 aromatic heterocycles. The zero-order valence-corrected chi connectivity index (χ0v) is 13.7. The fraction of sp³-hybridized carbons (Fsp3) is 0.462. The number of sulfonamides is 1. The maximum absolute atomic E-state index is 12.5. The molecule has 24 heavy (non-hydrogen) atoms. The van der Waals surface area contributed by atoms with Gasteiger partial charge in [0.05, 0.1) is 19.1 Å². The fourth-order valence-electron chi connectivity index (χ4n) is 2.46. The molecule has 0 fully saturated rings. The molecule has 0 bridgehead atoms. The summed E-state index contributed by atoms with van der Waals surface area (Å²) in [6.07, 6.45) is 2.42. The first kappa shape index (κ1) is 16.3. The number of pyridine rings is 1. The molecule has 0 aromatic carbocycles. The van der Waals surface area contributed by atoms with E-state index in [2.05, 4.69) is 25.2 Å². The lowest BCUT2D eigenvalue weighted by atomic mass is 9.99. The van der Waals surface area contributed by atoms with Gasteiger partial charge in [0.1, 0.15) is 4.90 Å². The highest BCUT2D eigenvalue weighted by molar-refractivity contribution is 7.90. The van der Waals surface area contributed by atoms with E-state index in [1.807, 2.05) is 0 Å². The summed E-state index contributed by atoms with van der Waals surface area (Å²) in [4.78, 5) is 16.1. The van der Waals surface area contributed by atoms with Crippen molar-refractivity contribution in [1.29, 1.82) is 0 Å². The Bertz CT molecular complexity index is 850. The van der Waals surface area contributed by atoms with Crippen molar-refractivity contribution < 1.29 is 17.9 Å². The van der Waals surface area contributed by atoms with Crippen molar-refractivity contribution in [3.05, 3.63) is 24.2 Å². The summed E-state index contributed by atoms with van der Waals surface area (Å²) in [6.45, 7) is 2.22. The number of nitrogens with zero attached hydrogens (tertiary/aromatic N) is 5. The lowest BCUT2D eigenvalue weighted by Crippen LogP contribution is -2.39. The second-order valence-corrected chi connectivity index (χ2v) is 6.87. The van der Waals surface area contributed by atoms with E-state index in [0.717, 1.165) is 0 Å². The molecule has 3 heterocycles. The number of hydrogen-bond acceptors (Lipinski definition) is 8. The van der Waals surface area contributed by atoms with Crippen LogP contribution >= 0.6 is 0 Å². The van der Waals surface area contributed by atoms with Gasteiger partial charge in [0.15, 0.2) is 5.82 Å². The largest absolute Gasteiger partial charge is 0.477 e. The van der Waals surface area contributed by atoms with Gasteiger partial charge < -0.3 is 4.74 Å². The molecule has 0 saturated heterocycles. The molecule has 2 aromatic rings. The molecule has 1 aliphatic rings. The SMILES string of the molecule is CCOc1ncccc1S(=O)(=O)NC(=O)C1CCc2nnnn2C1. The Morgan fingerprint density at radius 1 is 1.50 bits per heavy atom. The minimum absolute atomic E-state index is 0.0355. The molecule has 1 N–H and O–H groups in total. The van der Waals surface area contributed by atoms with Crippen LogP contribution in [0.4, 0.5) is 0 Å². The third-order valence-electron chi connectivity index (χ3n) is 3.63. The van der Waals surface area contributed by atoms with Gasteiger partial charge in [-0.15, -0.1) is 5.10 Å². The first-order valence-corrected chi connectivity index (χ1v) is 8.89. The van der Waals surface area contributed by atoms with Crippen LogP contribution in [0, 0.1) is 5.92 Å². The Labute approximate surface area is 138 Å². The molecule has 1 aliphatic heterocycles. The number of ether oxygens (including phenoxy) is 1. The third kappa shape index (κ3) is 3.20. The molecular formula is C13H16N6O4S. The first-order valence-electron chi connectivity index (χ1n) is 7.40. The predicted octanol–water partition coefficient (Wildman–Crippen LogP) is -0.466. The third-order valence-corrected chi connectivity index (χ3v) is 4.99. The van der Waals surface area contributed by atoms with Crippen LogP contribution in [0.25, 0.3) is 0 Å². The average molecular weight is 352 g/mol. The molecule has 10 nitrogen and oxygen atoms in total. The summed E-state index contributed by atoms with van der Waals surface area (Å²) in [5.41, 5.74) is 0. The van der Waals surface area contributed by atoms with Crippen LogP contribution in [0.2, 0.25) is 0 Å². The number of carbonyl (C=O) groups is 1. The Kier molecular flexibility index (Phi) is 4.42. The zero-order chi connectivity index (χ0) is 17.2. The summed E-state index contributed by atoms with van der Waals surface area (Å²) in [7, 11) is -4.07. The Morgan fingerprint density at radius 2 is 2.33 bits per heavy atom. The van der Waals surface area contributed by atoms with E-state index in [0.29, 0.717) is 18.7 Å². The molecule has 128 valence electrons. The van der Waals surface area contributed by atoms with Crippen molar-refractivity contribution in [2.45, 2.75) is 31.2 Å². The molecule has 1 unspecified atom stereocenters. The average Bonchev–Trinajstić information content (AvgIpc) is 3.02. The maximum atomic E-state index is 12.5. The van der Waals surface area contributed by atoms with Gasteiger partial charge in [-0.2, -0.15) is 0 Å². The summed E-state index contributed by atoms with van der Waals surface area (Å²) < 4.78 is 33.8. The zero-order valence-electron chi connectivity index (χ0n) is 12.9. The number of amides is 1. The molecule has 1 atom stereocenters. The Morgan fingerprint density at radius 3 is 3.12 bits per heavy atom. The van der Waals surface area contributed by atoms with Crippen molar-refractivity contribution in [2.75, 3.05) is 6.61 Å².